The van der Waals surface area contributed by atoms with E-state index in [2.05, 4.69) is 9.97 Å². The van der Waals surface area contributed by atoms with Crippen LogP contribution in [0.5, 0.6) is 0 Å². The lowest BCUT2D eigenvalue weighted by Crippen LogP contribution is -1.95. The molecule has 1 aliphatic carbocycles. The van der Waals surface area contributed by atoms with E-state index in [9.17, 15) is 4.79 Å². The molecule has 2 aromatic heterocycles. The predicted molar refractivity (Wildman–Crippen MR) is 82.2 cm³/mol. The number of furan rings is 1. The average molecular weight is 291 g/mol. The first-order chi connectivity index (χ1) is 10.7. The summed E-state index contributed by atoms with van der Waals surface area (Å²) < 4.78 is 5.65. The van der Waals surface area contributed by atoms with Gasteiger partial charge in [0, 0.05) is 29.3 Å². The molecule has 0 saturated carbocycles. The van der Waals surface area contributed by atoms with Gasteiger partial charge in [-0.2, -0.15) is 0 Å². The quantitative estimate of drug-likeness (QED) is 0.784. The lowest BCUT2D eigenvalue weighted by atomic mass is 10.0. The number of nitrogens with zero attached hydrogens (tertiary/aromatic N) is 2. The van der Waals surface area contributed by atoms with Gasteiger partial charge in [0.1, 0.15) is 5.76 Å². The molecule has 108 valence electrons. The van der Waals surface area contributed by atoms with Gasteiger partial charge in [-0.05, 0) is 30.2 Å². The van der Waals surface area contributed by atoms with Crippen LogP contribution in [-0.4, -0.2) is 15.8 Å². The van der Waals surface area contributed by atoms with Gasteiger partial charge in [0.15, 0.2) is 5.78 Å². The Morgan fingerprint density at radius 3 is 2.86 bits per heavy atom. The van der Waals surface area contributed by atoms with Crippen molar-refractivity contribution in [2.75, 3.05) is 5.73 Å². The molecule has 0 spiro atoms. The molecule has 0 saturated heterocycles. The highest BCUT2D eigenvalue weighted by atomic mass is 16.3. The minimum Gasteiger partial charge on any atom is -0.464 e. The van der Waals surface area contributed by atoms with Crippen molar-refractivity contribution in [1.29, 1.82) is 0 Å². The molecule has 5 nitrogen and oxygen atoms in total. The zero-order valence-corrected chi connectivity index (χ0v) is 11.7. The Labute approximate surface area is 126 Å². The van der Waals surface area contributed by atoms with E-state index in [-0.39, 0.29) is 11.7 Å². The van der Waals surface area contributed by atoms with Crippen LogP contribution in [0.3, 0.4) is 0 Å². The van der Waals surface area contributed by atoms with Gasteiger partial charge in [0.25, 0.3) is 0 Å². The second kappa shape index (κ2) is 4.80. The number of carbonyl (C=O) groups is 1. The van der Waals surface area contributed by atoms with Gasteiger partial charge in [-0.25, -0.2) is 9.97 Å². The van der Waals surface area contributed by atoms with Crippen molar-refractivity contribution in [1.82, 2.24) is 9.97 Å². The molecule has 0 radical (unpaired) electrons. The summed E-state index contributed by atoms with van der Waals surface area (Å²) in [5.74, 6) is 1.16. The number of nitrogen functional groups attached to an aromatic ring is 1. The zero-order valence-electron chi connectivity index (χ0n) is 11.7. The Kier molecular flexibility index (Phi) is 2.79. The maximum Gasteiger partial charge on any atom is 0.220 e. The van der Waals surface area contributed by atoms with Crippen LogP contribution >= 0.6 is 0 Å². The van der Waals surface area contributed by atoms with Gasteiger partial charge < -0.3 is 10.2 Å². The van der Waals surface area contributed by atoms with E-state index in [0.29, 0.717) is 12.1 Å². The smallest absolute Gasteiger partial charge is 0.220 e. The fraction of sp³-hybridized carbons (Fsp3) is 0.118. The summed E-state index contributed by atoms with van der Waals surface area (Å²) in [6, 6.07) is 9.46. The van der Waals surface area contributed by atoms with Gasteiger partial charge in [-0.15, -0.1) is 0 Å². The molecular weight excluding hydrogens is 278 g/mol. The molecule has 2 N–H and O–H groups in total. The number of hydrogen-bond acceptors (Lipinski definition) is 5. The van der Waals surface area contributed by atoms with Crippen molar-refractivity contribution in [3.05, 3.63) is 53.9 Å². The largest absolute Gasteiger partial charge is 0.464 e. The first-order valence-electron chi connectivity index (χ1n) is 7.05. The molecule has 0 atom stereocenters. The highest BCUT2D eigenvalue weighted by Gasteiger charge is 2.21. The Bertz CT molecular complexity index is 883. The number of aromatic nitrogens is 2. The van der Waals surface area contributed by atoms with Crippen molar-refractivity contribution in [3.8, 4) is 22.6 Å². The first kappa shape index (κ1) is 12.8. The van der Waals surface area contributed by atoms with Crippen molar-refractivity contribution < 1.29 is 9.21 Å². The first-order valence-corrected chi connectivity index (χ1v) is 7.05. The van der Waals surface area contributed by atoms with E-state index in [0.717, 1.165) is 34.4 Å². The highest BCUT2D eigenvalue weighted by Crippen LogP contribution is 2.34. The second-order valence-corrected chi connectivity index (χ2v) is 5.26. The number of hydrogen-bond donors (Lipinski definition) is 1. The molecule has 22 heavy (non-hydrogen) atoms. The number of aryl methyl sites for hydroxylation is 1. The third kappa shape index (κ3) is 1.98. The van der Waals surface area contributed by atoms with Gasteiger partial charge in [0.05, 0.1) is 12.0 Å². The molecular formula is C17H13N3O2. The molecule has 4 rings (SSSR count). The summed E-state index contributed by atoms with van der Waals surface area (Å²) in [5.41, 5.74) is 10.1. The summed E-state index contributed by atoms with van der Waals surface area (Å²) >= 11 is 0. The Balaban J connectivity index is 1.82. The van der Waals surface area contributed by atoms with Crippen LogP contribution in [0.4, 0.5) is 5.95 Å². The van der Waals surface area contributed by atoms with Crippen molar-refractivity contribution in [3.63, 3.8) is 0 Å². The van der Waals surface area contributed by atoms with E-state index >= 15 is 0 Å². The molecule has 1 aromatic carbocycles. The maximum absolute atomic E-state index is 11.7. The fourth-order valence-corrected chi connectivity index (χ4v) is 2.85. The third-order valence-corrected chi connectivity index (χ3v) is 3.90. The summed E-state index contributed by atoms with van der Waals surface area (Å²) in [4.78, 5) is 19.9. The van der Waals surface area contributed by atoms with E-state index < -0.39 is 0 Å². The number of anilines is 1. The summed E-state index contributed by atoms with van der Waals surface area (Å²) in [5, 5.41) is 0. The molecule has 0 aliphatic heterocycles. The van der Waals surface area contributed by atoms with Crippen molar-refractivity contribution in [2.24, 2.45) is 0 Å². The Morgan fingerprint density at radius 2 is 2.00 bits per heavy atom. The molecule has 5 heteroatoms. The average Bonchev–Trinajstić information content (AvgIpc) is 3.14. The number of fused-ring (bicyclic) bond motifs is 1. The summed E-state index contributed by atoms with van der Waals surface area (Å²) in [6.07, 6.45) is 4.63. The standard InChI is InChI=1S/C17H13N3O2/c18-17-19-7-5-14(20-17)13-6-8-22-16(13)11-1-3-12-10(9-11)2-4-15(12)21/h1,3,5-9H,2,4H2,(H2,18,19,20). The second-order valence-electron chi connectivity index (χ2n) is 5.26. The molecule has 2 heterocycles. The monoisotopic (exact) mass is 291 g/mol. The normalized spacial score (nSPS) is 13.4. The molecule has 0 fully saturated rings. The van der Waals surface area contributed by atoms with E-state index in [1.807, 2.05) is 24.3 Å². The van der Waals surface area contributed by atoms with Gasteiger partial charge in [-0.3, -0.25) is 4.79 Å². The van der Waals surface area contributed by atoms with Crippen LogP contribution < -0.4 is 5.73 Å². The number of rotatable bonds is 2. The molecule has 1 aliphatic rings. The number of benzene rings is 1. The lowest BCUT2D eigenvalue weighted by Gasteiger charge is -2.05. The molecule has 0 unspecified atom stereocenters. The van der Waals surface area contributed by atoms with Gasteiger partial charge >= 0.3 is 0 Å². The summed E-state index contributed by atoms with van der Waals surface area (Å²) in [7, 11) is 0. The number of Topliss-reactive ketones (excluding diaryl/α,β-unsaturated/α-hetero) is 1. The third-order valence-electron chi connectivity index (χ3n) is 3.90. The van der Waals surface area contributed by atoms with E-state index in [1.165, 1.54) is 0 Å². The van der Waals surface area contributed by atoms with Crippen LogP contribution in [0.25, 0.3) is 22.6 Å². The molecule has 3 aromatic rings. The van der Waals surface area contributed by atoms with Crippen LogP contribution in [0, 0.1) is 0 Å². The zero-order chi connectivity index (χ0) is 15.1. The summed E-state index contributed by atoms with van der Waals surface area (Å²) in [6.45, 7) is 0. The maximum atomic E-state index is 11.7. The van der Waals surface area contributed by atoms with E-state index in [4.69, 9.17) is 10.2 Å². The van der Waals surface area contributed by atoms with Crippen LogP contribution in [0.2, 0.25) is 0 Å². The number of carbonyl (C=O) groups excluding carboxylic acids is 1. The minimum atomic E-state index is 0.213. The predicted octanol–water partition coefficient (Wildman–Crippen LogP) is 3.11. The number of nitrogens with two attached hydrogens (primary N) is 1. The van der Waals surface area contributed by atoms with Gasteiger partial charge in [-0.1, -0.05) is 12.1 Å². The topological polar surface area (TPSA) is 82.0 Å². The Morgan fingerprint density at radius 1 is 1.09 bits per heavy atom. The van der Waals surface area contributed by atoms with Gasteiger partial charge in [0.2, 0.25) is 5.95 Å². The molecule has 0 amide bonds. The lowest BCUT2D eigenvalue weighted by molar-refractivity contribution is 0.0994. The van der Waals surface area contributed by atoms with E-state index in [1.54, 1.807) is 18.5 Å². The fourth-order valence-electron chi connectivity index (χ4n) is 2.85. The van der Waals surface area contributed by atoms with Crippen molar-refractivity contribution >= 4 is 11.7 Å². The number of ketones is 1. The SMILES string of the molecule is Nc1nccc(-c2ccoc2-c2ccc3c(c2)CCC3=O)n1. The molecule has 0 bridgehead atoms. The highest BCUT2D eigenvalue weighted by molar-refractivity contribution is 6.01. The minimum absolute atomic E-state index is 0.213. The van der Waals surface area contributed by atoms with Crippen LogP contribution in [0.15, 0.2) is 47.2 Å². The van der Waals surface area contributed by atoms with Crippen molar-refractivity contribution in [2.45, 2.75) is 12.8 Å². The van der Waals surface area contributed by atoms with Crippen LogP contribution in [0.1, 0.15) is 22.3 Å². The Hall–Kier alpha value is -2.95. The van der Waals surface area contributed by atoms with Crippen LogP contribution in [-0.2, 0) is 6.42 Å².